The molecule has 124 valence electrons. The summed E-state index contributed by atoms with van der Waals surface area (Å²) in [5, 5.41) is 3.89. The van der Waals surface area contributed by atoms with Gasteiger partial charge in [0.2, 0.25) is 0 Å². The second kappa shape index (κ2) is 9.52. The lowest BCUT2D eigenvalue weighted by atomic mass is 10.2. The highest BCUT2D eigenvalue weighted by molar-refractivity contribution is 9.10. The van der Waals surface area contributed by atoms with Crippen molar-refractivity contribution in [2.24, 2.45) is 5.10 Å². The lowest BCUT2D eigenvalue weighted by Gasteiger charge is -2.05. The van der Waals surface area contributed by atoms with Crippen LogP contribution in [0.5, 0.6) is 11.5 Å². The molecule has 0 bridgehead atoms. The minimum Gasteiger partial charge on any atom is -0.490 e. The Kier molecular flexibility index (Phi) is 7.04. The Balaban J connectivity index is 1.75. The first-order chi connectivity index (χ1) is 11.7. The van der Waals surface area contributed by atoms with Crippen molar-refractivity contribution in [2.75, 3.05) is 13.2 Å². The molecule has 0 atom stereocenters. The van der Waals surface area contributed by atoms with Crippen LogP contribution in [0.4, 0.5) is 0 Å². The van der Waals surface area contributed by atoms with E-state index in [9.17, 15) is 4.79 Å². The summed E-state index contributed by atoms with van der Waals surface area (Å²) in [6.45, 7) is 3.95. The zero-order chi connectivity index (χ0) is 17.2. The molecule has 0 aliphatic carbocycles. The summed E-state index contributed by atoms with van der Waals surface area (Å²) in [5.41, 5.74) is 3.26. The monoisotopic (exact) mass is 388 g/mol. The summed E-state index contributed by atoms with van der Waals surface area (Å²) in [6.07, 6.45) is 3.23. The highest BCUT2D eigenvalue weighted by atomic mass is 79.9. The first kappa shape index (κ1) is 17.7. The van der Waals surface area contributed by atoms with E-state index in [4.69, 9.17) is 9.47 Å². The first-order valence-corrected chi connectivity index (χ1v) is 8.00. The van der Waals surface area contributed by atoms with Crippen LogP contribution in [0.3, 0.4) is 0 Å². The number of carbonyl (C=O) groups is 1. The first-order valence-electron chi connectivity index (χ1n) is 7.21. The molecule has 24 heavy (non-hydrogen) atoms. The standard InChI is InChI=1S/C18H17BrN2O3/c1-2-11-23-16-7-3-14(4-8-16)12-20-21-18(22)13-24-17-9-5-15(19)6-10-17/h2-10,12H,1,11,13H2,(H,21,22)/b20-12+. The quantitative estimate of drug-likeness (QED) is 0.427. The van der Waals surface area contributed by atoms with Gasteiger partial charge >= 0.3 is 0 Å². The van der Waals surface area contributed by atoms with Crippen molar-refractivity contribution in [1.82, 2.24) is 5.43 Å². The zero-order valence-electron chi connectivity index (χ0n) is 12.9. The van der Waals surface area contributed by atoms with Crippen molar-refractivity contribution < 1.29 is 14.3 Å². The molecule has 1 amide bonds. The van der Waals surface area contributed by atoms with Gasteiger partial charge < -0.3 is 9.47 Å². The predicted molar refractivity (Wildman–Crippen MR) is 97.5 cm³/mol. The third-order valence-electron chi connectivity index (χ3n) is 2.83. The van der Waals surface area contributed by atoms with Crippen LogP contribution in [0, 0.1) is 0 Å². The average Bonchev–Trinajstić information content (AvgIpc) is 2.60. The van der Waals surface area contributed by atoms with E-state index in [1.807, 2.05) is 36.4 Å². The van der Waals surface area contributed by atoms with Crippen LogP contribution in [0.25, 0.3) is 0 Å². The fourth-order valence-corrected chi connectivity index (χ4v) is 1.96. The number of halogens is 1. The Hall–Kier alpha value is -2.60. The van der Waals surface area contributed by atoms with Gasteiger partial charge in [-0.15, -0.1) is 0 Å². The van der Waals surface area contributed by atoms with E-state index in [-0.39, 0.29) is 12.5 Å². The van der Waals surface area contributed by atoms with Gasteiger partial charge in [-0.3, -0.25) is 4.79 Å². The van der Waals surface area contributed by atoms with E-state index in [2.05, 4.69) is 33.0 Å². The van der Waals surface area contributed by atoms with Crippen molar-refractivity contribution in [3.05, 3.63) is 71.2 Å². The zero-order valence-corrected chi connectivity index (χ0v) is 14.5. The lowest BCUT2D eigenvalue weighted by molar-refractivity contribution is -0.123. The molecule has 5 nitrogen and oxygen atoms in total. The van der Waals surface area contributed by atoms with E-state index < -0.39 is 0 Å². The summed E-state index contributed by atoms with van der Waals surface area (Å²) in [7, 11) is 0. The molecule has 0 saturated carbocycles. The van der Waals surface area contributed by atoms with E-state index in [0.29, 0.717) is 12.4 Å². The smallest absolute Gasteiger partial charge is 0.277 e. The van der Waals surface area contributed by atoms with Crippen LogP contribution in [0.1, 0.15) is 5.56 Å². The van der Waals surface area contributed by atoms with Crippen LogP contribution in [0.2, 0.25) is 0 Å². The average molecular weight is 389 g/mol. The summed E-state index contributed by atoms with van der Waals surface area (Å²) < 4.78 is 11.7. The molecular formula is C18H17BrN2O3. The van der Waals surface area contributed by atoms with Crippen molar-refractivity contribution in [3.63, 3.8) is 0 Å². The van der Waals surface area contributed by atoms with Gasteiger partial charge in [-0.2, -0.15) is 5.10 Å². The number of carbonyl (C=O) groups excluding carboxylic acids is 1. The fourth-order valence-electron chi connectivity index (χ4n) is 1.70. The second-order valence-electron chi connectivity index (χ2n) is 4.70. The Morgan fingerprint density at radius 3 is 2.38 bits per heavy atom. The van der Waals surface area contributed by atoms with Crippen molar-refractivity contribution >= 4 is 28.1 Å². The van der Waals surface area contributed by atoms with Gasteiger partial charge in [0.15, 0.2) is 6.61 Å². The van der Waals surface area contributed by atoms with E-state index >= 15 is 0 Å². The number of amides is 1. The van der Waals surface area contributed by atoms with Gasteiger partial charge in [0, 0.05) is 4.47 Å². The Morgan fingerprint density at radius 1 is 1.08 bits per heavy atom. The summed E-state index contributed by atoms with van der Waals surface area (Å²) >= 11 is 3.33. The number of hydrogen-bond donors (Lipinski definition) is 1. The molecule has 0 radical (unpaired) electrons. The maximum atomic E-state index is 11.7. The number of nitrogens with one attached hydrogen (secondary N) is 1. The largest absolute Gasteiger partial charge is 0.490 e. The molecule has 0 aromatic heterocycles. The molecule has 0 fully saturated rings. The minimum atomic E-state index is -0.333. The molecule has 2 aromatic rings. The lowest BCUT2D eigenvalue weighted by Crippen LogP contribution is -2.24. The van der Waals surface area contributed by atoms with Crippen molar-refractivity contribution in [2.45, 2.75) is 0 Å². The number of hydrazone groups is 1. The van der Waals surface area contributed by atoms with E-state index in [1.165, 1.54) is 0 Å². The maximum absolute atomic E-state index is 11.7. The van der Waals surface area contributed by atoms with Gasteiger partial charge in [-0.1, -0.05) is 28.6 Å². The number of rotatable bonds is 8. The third kappa shape index (κ3) is 6.26. The van der Waals surface area contributed by atoms with Crippen molar-refractivity contribution in [3.8, 4) is 11.5 Å². The van der Waals surface area contributed by atoms with Crippen molar-refractivity contribution in [1.29, 1.82) is 0 Å². The topological polar surface area (TPSA) is 59.9 Å². The number of ether oxygens (including phenoxy) is 2. The highest BCUT2D eigenvalue weighted by Crippen LogP contribution is 2.15. The number of benzene rings is 2. The highest BCUT2D eigenvalue weighted by Gasteiger charge is 2.01. The normalized spacial score (nSPS) is 10.4. The third-order valence-corrected chi connectivity index (χ3v) is 3.36. The van der Waals surface area contributed by atoms with Crippen LogP contribution < -0.4 is 14.9 Å². The molecule has 0 unspecified atom stereocenters. The van der Waals surface area contributed by atoms with Gasteiger partial charge in [-0.05, 0) is 54.1 Å². The second-order valence-corrected chi connectivity index (χ2v) is 5.62. The van der Waals surface area contributed by atoms with Crippen LogP contribution in [-0.2, 0) is 4.79 Å². The van der Waals surface area contributed by atoms with Crippen LogP contribution in [-0.4, -0.2) is 25.3 Å². The molecule has 2 rings (SSSR count). The molecule has 2 aromatic carbocycles. The molecule has 0 heterocycles. The summed E-state index contributed by atoms with van der Waals surface area (Å²) in [5.74, 6) is 1.03. The molecule has 0 aliphatic rings. The Morgan fingerprint density at radius 2 is 1.71 bits per heavy atom. The van der Waals surface area contributed by atoms with E-state index in [0.717, 1.165) is 15.8 Å². The Labute approximate surface area is 149 Å². The fraction of sp³-hybridized carbons (Fsp3) is 0.111. The predicted octanol–water partition coefficient (Wildman–Crippen LogP) is 3.54. The van der Waals surface area contributed by atoms with Gasteiger partial charge in [-0.25, -0.2) is 5.43 Å². The maximum Gasteiger partial charge on any atom is 0.277 e. The van der Waals surface area contributed by atoms with Gasteiger partial charge in [0.05, 0.1) is 6.21 Å². The van der Waals surface area contributed by atoms with Crippen LogP contribution in [0.15, 0.2) is 70.8 Å². The molecule has 0 aliphatic heterocycles. The minimum absolute atomic E-state index is 0.104. The molecule has 0 spiro atoms. The van der Waals surface area contributed by atoms with Gasteiger partial charge in [0.25, 0.3) is 5.91 Å². The Bertz CT molecular complexity index is 697. The van der Waals surface area contributed by atoms with Gasteiger partial charge in [0.1, 0.15) is 18.1 Å². The number of hydrogen-bond acceptors (Lipinski definition) is 4. The molecule has 6 heteroatoms. The summed E-state index contributed by atoms with van der Waals surface area (Å²) in [6, 6.07) is 14.6. The van der Waals surface area contributed by atoms with E-state index in [1.54, 1.807) is 24.4 Å². The summed E-state index contributed by atoms with van der Waals surface area (Å²) in [4.78, 5) is 11.7. The molecular weight excluding hydrogens is 372 g/mol. The van der Waals surface area contributed by atoms with Crippen LogP contribution >= 0.6 is 15.9 Å². The molecule has 0 saturated heterocycles. The number of nitrogens with zero attached hydrogens (tertiary/aromatic N) is 1. The molecule has 1 N–H and O–H groups in total. The SMILES string of the molecule is C=CCOc1ccc(/C=N/NC(=O)COc2ccc(Br)cc2)cc1.